The third-order valence-electron chi connectivity index (χ3n) is 4.98. The number of rotatable bonds is 7. The molecule has 4 rings (SSSR count). The van der Waals surface area contributed by atoms with Gasteiger partial charge in [0.25, 0.3) is 0 Å². The van der Waals surface area contributed by atoms with Crippen LogP contribution >= 0.6 is 23.2 Å². The van der Waals surface area contributed by atoms with E-state index in [1.165, 1.54) is 23.8 Å². The van der Waals surface area contributed by atoms with Crippen molar-refractivity contribution in [2.45, 2.75) is 6.42 Å². The zero-order chi connectivity index (χ0) is 25.7. The minimum absolute atomic E-state index is 0.150. The molecule has 0 saturated carbocycles. The highest BCUT2D eigenvalue weighted by atomic mass is 35.5. The first-order valence-electron chi connectivity index (χ1n) is 10.4. The molecule has 11 heteroatoms. The van der Waals surface area contributed by atoms with Crippen LogP contribution < -0.4 is 15.9 Å². The molecule has 1 heterocycles. The van der Waals surface area contributed by atoms with E-state index < -0.39 is 17.8 Å². The summed E-state index contributed by atoms with van der Waals surface area (Å²) in [5.41, 5.74) is 10.0. The van der Waals surface area contributed by atoms with Crippen LogP contribution in [0.25, 0.3) is 10.9 Å². The summed E-state index contributed by atoms with van der Waals surface area (Å²) in [6.45, 7) is 0. The van der Waals surface area contributed by atoms with E-state index in [4.69, 9.17) is 38.9 Å². The Morgan fingerprint density at radius 3 is 2.47 bits per heavy atom. The number of primary amides is 1. The average Bonchev–Trinajstić information content (AvgIpc) is 3.24. The summed E-state index contributed by atoms with van der Waals surface area (Å²) in [6.07, 6.45) is 1.36. The highest BCUT2D eigenvalue weighted by Crippen LogP contribution is 2.39. The van der Waals surface area contributed by atoms with Gasteiger partial charge in [-0.25, -0.2) is 9.59 Å². The van der Waals surface area contributed by atoms with Crippen LogP contribution in [0, 0.1) is 11.3 Å². The third kappa shape index (κ3) is 5.75. The van der Waals surface area contributed by atoms with E-state index in [0.717, 1.165) is 22.9 Å². The number of benzene rings is 3. The number of nitrogens with one attached hydrogen (secondary N) is 2. The Kier molecular flexibility index (Phi) is 7.39. The van der Waals surface area contributed by atoms with Crippen molar-refractivity contribution in [1.82, 2.24) is 4.98 Å². The summed E-state index contributed by atoms with van der Waals surface area (Å²) in [5, 5.41) is 13.9. The van der Waals surface area contributed by atoms with Crippen molar-refractivity contribution in [2.75, 3.05) is 5.43 Å². The van der Waals surface area contributed by atoms with Gasteiger partial charge in [-0.2, -0.15) is 10.4 Å². The molecule has 0 unspecified atom stereocenters. The number of carbonyl (C=O) groups excluding carboxylic acids is 2. The van der Waals surface area contributed by atoms with Gasteiger partial charge in [-0.05, 0) is 47.9 Å². The van der Waals surface area contributed by atoms with Crippen molar-refractivity contribution in [3.63, 3.8) is 0 Å². The van der Waals surface area contributed by atoms with E-state index in [0.29, 0.717) is 5.75 Å². The quantitative estimate of drug-likeness (QED) is 0.122. The Bertz CT molecular complexity index is 1500. The van der Waals surface area contributed by atoms with Crippen molar-refractivity contribution < 1.29 is 19.1 Å². The van der Waals surface area contributed by atoms with E-state index in [1.807, 2.05) is 36.5 Å². The van der Waals surface area contributed by atoms with Gasteiger partial charge < -0.3 is 20.2 Å². The van der Waals surface area contributed by atoms with Gasteiger partial charge in [0.05, 0.1) is 15.7 Å². The molecule has 180 valence electrons. The molecule has 0 spiro atoms. The Balaban J connectivity index is 1.54. The van der Waals surface area contributed by atoms with Gasteiger partial charge in [-0.15, -0.1) is 0 Å². The number of hydrazone groups is 1. The Hall–Kier alpha value is -4.52. The Morgan fingerprint density at radius 2 is 1.81 bits per heavy atom. The molecule has 4 aromatic rings. The number of aromatic nitrogens is 1. The molecule has 4 N–H and O–H groups in total. The minimum atomic E-state index is -1.36. The summed E-state index contributed by atoms with van der Waals surface area (Å²) in [7, 11) is 0. The van der Waals surface area contributed by atoms with E-state index >= 15 is 0 Å². The Morgan fingerprint density at radius 1 is 1.08 bits per heavy atom. The molecule has 0 radical (unpaired) electrons. The van der Waals surface area contributed by atoms with Gasteiger partial charge in [-0.3, -0.25) is 5.43 Å². The molecule has 1 amide bonds. The highest BCUT2D eigenvalue weighted by molar-refractivity contribution is 6.44. The predicted molar refractivity (Wildman–Crippen MR) is 136 cm³/mol. The Labute approximate surface area is 215 Å². The second-order valence-electron chi connectivity index (χ2n) is 7.45. The molecule has 0 saturated heterocycles. The van der Waals surface area contributed by atoms with Gasteiger partial charge in [0.15, 0.2) is 5.75 Å². The summed E-state index contributed by atoms with van der Waals surface area (Å²) in [4.78, 5) is 25.6. The van der Waals surface area contributed by atoms with Crippen LogP contribution in [0.1, 0.15) is 11.1 Å². The number of nitrogens with two attached hydrogens (primary N) is 1. The van der Waals surface area contributed by atoms with E-state index in [2.05, 4.69) is 32.4 Å². The topological polar surface area (TPSA) is 143 Å². The van der Waals surface area contributed by atoms with Crippen LogP contribution in [0.15, 0.2) is 72.0 Å². The van der Waals surface area contributed by atoms with Crippen molar-refractivity contribution in [2.24, 2.45) is 10.8 Å². The fraction of sp³-hybridized carbons (Fsp3) is 0.0400. The van der Waals surface area contributed by atoms with Crippen LogP contribution in [0.3, 0.4) is 0 Å². The second-order valence-corrected chi connectivity index (χ2v) is 8.26. The lowest BCUT2D eigenvalue weighted by molar-refractivity contribution is -0.129. The zero-order valence-corrected chi connectivity index (χ0v) is 19.9. The van der Waals surface area contributed by atoms with Gasteiger partial charge in [0.2, 0.25) is 5.71 Å². The molecule has 0 atom stereocenters. The summed E-state index contributed by atoms with van der Waals surface area (Å²) in [5.74, 6) is -0.567. The third-order valence-corrected chi connectivity index (χ3v) is 5.55. The van der Waals surface area contributed by atoms with Crippen molar-refractivity contribution in [3.05, 3.63) is 88.0 Å². The molecular weight excluding hydrogens is 505 g/mol. The van der Waals surface area contributed by atoms with E-state index in [-0.39, 0.29) is 21.5 Å². The first-order chi connectivity index (χ1) is 17.3. The van der Waals surface area contributed by atoms with Crippen LogP contribution in [0.4, 0.5) is 10.5 Å². The minimum Gasteiger partial charge on any atom is -0.454 e. The second kappa shape index (κ2) is 10.8. The molecule has 36 heavy (non-hydrogen) atoms. The maximum atomic E-state index is 11.6. The van der Waals surface area contributed by atoms with Gasteiger partial charge in [0.1, 0.15) is 11.8 Å². The number of carbonyl (C=O) groups is 2. The monoisotopic (exact) mass is 521 g/mol. The standard InChI is InChI=1S/C25H17Cl2N5O4/c26-19-9-16(31-32-22(12-28)24(33)36-25(29)34)10-20(27)23(19)35-17-6-7-21-18(11-17)15(13-30-21)8-14-4-2-1-3-5-14/h1-7,9-11,13,30-31H,8H2,(H2,29,34). The smallest absolute Gasteiger partial charge is 0.412 e. The number of nitrogens with zero attached hydrogens (tertiary/aromatic N) is 2. The van der Waals surface area contributed by atoms with Crippen molar-refractivity contribution in [1.29, 1.82) is 5.26 Å². The molecular formula is C25H17Cl2N5O4. The number of nitriles is 1. The predicted octanol–water partition coefficient (Wildman–Crippen LogP) is 5.77. The number of aromatic amines is 1. The molecule has 9 nitrogen and oxygen atoms in total. The van der Waals surface area contributed by atoms with Crippen LogP contribution in [0.5, 0.6) is 11.5 Å². The number of hydrogen-bond acceptors (Lipinski definition) is 7. The van der Waals surface area contributed by atoms with E-state index in [1.54, 1.807) is 6.07 Å². The zero-order valence-electron chi connectivity index (χ0n) is 18.4. The highest BCUT2D eigenvalue weighted by Gasteiger charge is 2.17. The first kappa shape index (κ1) is 24.6. The van der Waals surface area contributed by atoms with Crippen LogP contribution in [-0.4, -0.2) is 22.8 Å². The molecule has 0 aliphatic carbocycles. The summed E-state index contributed by atoms with van der Waals surface area (Å²) in [6, 6.07) is 20.1. The van der Waals surface area contributed by atoms with Gasteiger partial charge in [-0.1, -0.05) is 53.5 Å². The fourth-order valence-corrected chi connectivity index (χ4v) is 3.96. The number of halogens is 2. The largest absolute Gasteiger partial charge is 0.454 e. The lowest BCUT2D eigenvalue weighted by Crippen LogP contribution is -2.24. The molecule has 1 aromatic heterocycles. The molecule has 0 bridgehead atoms. The summed E-state index contributed by atoms with van der Waals surface area (Å²) >= 11 is 12.8. The lowest BCUT2D eigenvalue weighted by atomic mass is 10.0. The normalized spacial score (nSPS) is 11.1. The number of amides is 1. The maximum Gasteiger partial charge on any atom is 0.412 e. The molecule has 0 aliphatic heterocycles. The average molecular weight is 522 g/mol. The van der Waals surface area contributed by atoms with E-state index in [9.17, 15) is 9.59 Å². The number of hydrogen-bond donors (Lipinski definition) is 3. The number of H-pyrrole nitrogens is 1. The number of esters is 1. The molecule has 0 aliphatic rings. The van der Waals surface area contributed by atoms with Crippen LogP contribution in [0.2, 0.25) is 10.0 Å². The first-order valence-corrected chi connectivity index (χ1v) is 11.2. The number of anilines is 1. The molecule has 3 aromatic carbocycles. The van der Waals surface area contributed by atoms with Crippen molar-refractivity contribution >= 4 is 57.6 Å². The lowest BCUT2D eigenvalue weighted by Gasteiger charge is -2.12. The fourth-order valence-electron chi connectivity index (χ4n) is 3.40. The molecule has 0 fully saturated rings. The number of fused-ring (bicyclic) bond motifs is 1. The van der Waals surface area contributed by atoms with Gasteiger partial charge in [0, 0.05) is 17.1 Å². The maximum absolute atomic E-state index is 11.6. The van der Waals surface area contributed by atoms with Gasteiger partial charge >= 0.3 is 12.1 Å². The van der Waals surface area contributed by atoms with Crippen LogP contribution in [-0.2, 0) is 16.0 Å². The number of ether oxygens (including phenoxy) is 2. The SMILES string of the molecule is N#CC(=NNc1cc(Cl)c(Oc2ccc3[nH]cc(Cc4ccccc4)c3c2)c(Cl)c1)C(=O)OC(N)=O. The summed E-state index contributed by atoms with van der Waals surface area (Å²) < 4.78 is 10.1. The van der Waals surface area contributed by atoms with Crippen molar-refractivity contribution in [3.8, 4) is 17.6 Å².